The lowest BCUT2D eigenvalue weighted by Crippen LogP contribution is -2.40. The van der Waals surface area contributed by atoms with Crippen molar-refractivity contribution in [1.29, 1.82) is 0 Å². The van der Waals surface area contributed by atoms with Crippen molar-refractivity contribution >= 4 is 0 Å². The van der Waals surface area contributed by atoms with Crippen molar-refractivity contribution in [3.63, 3.8) is 0 Å². The van der Waals surface area contributed by atoms with Gasteiger partial charge in [-0.05, 0) is 50.4 Å². The Morgan fingerprint density at radius 2 is 1.82 bits per heavy atom. The molecule has 1 N–H and O–H groups in total. The average molecular weight is 236 g/mol. The van der Waals surface area contributed by atoms with Gasteiger partial charge in [-0.1, -0.05) is 38.3 Å². The standard InChI is InChI=1S/C16H28O/c1-12(2)14-9-10-16(3,11-15(14)17)13-7-5-4-6-8-13/h13-15,17H,1,4-11H2,2-3H3. The largest absolute Gasteiger partial charge is 0.392 e. The third-order valence-corrected chi connectivity index (χ3v) is 5.39. The summed E-state index contributed by atoms with van der Waals surface area (Å²) in [5.41, 5.74) is 1.56. The zero-order chi connectivity index (χ0) is 12.5. The minimum Gasteiger partial charge on any atom is -0.392 e. The maximum absolute atomic E-state index is 10.3. The molecule has 1 heteroatoms. The molecule has 0 aliphatic heterocycles. The van der Waals surface area contributed by atoms with E-state index in [1.807, 2.05) is 0 Å². The molecule has 98 valence electrons. The van der Waals surface area contributed by atoms with Gasteiger partial charge in [0.15, 0.2) is 0 Å². The van der Waals surface area contributed by atoms with E-state index in [0.717, 1.165) is 18.8 Å². The molecule has 2 saturated carbocycles. The highest BCUT2D eigenvalue weighted by atomic mass is 16.3. The fraction of sp³-hybridized carbons (Fsp3) is 0.875. The molecule has 3 atom stereocenters. The Morgan fingerprint density at radius 3 is 2.35 bits per heavy atom. The lowest BCUT2D eigenvalue weighted by molar-refractivity contribution is -0.0174. The van der Waals surface area contributed by atoms with Crippen molar-refractivity contribution in [1.82, 2.24) is 0 Å². The molecule has 0 amide bonds. The summed E-state index contributed by atoms with van der Waals surface area (Å²) in [7, 11) is 0. The summed E-state index contributed by atoms with van der Waals surface area (Å²) < 4.78 is 0. The van der Waals surface area contributed by atoms with Gasteiger partial charge in [0.25, 0.3) is 0 Å². The first-order valence-electron chi connectivity index (χ1n) is 7.36. The highest BCUT2D eigenvalue weighted by Crippen LogP contribution is 2.50. The number of hydrogen-bond acceptors (Lipinski definition) is 1. The van der Waals surface area contributed by atoms with Crippen LogP contribution in [0.2, 0.25) is 0 Å². The molecule has 0 bridgehead atoms. The molecule has 1 nitrogen and oxygen atoms in total. The van der Waals surface area contributed by atoms with Crippen molar-refractivity contribution in [2.24, 2.45) is 17.3 Å². The van der Waals surface area contributed by atoms with E-state index in [-0.39, 0.29) is 6.10 Å². The Kier molecular flexibility index (Phi) is 3.97. The van der Waals surface area contributed by atoms with E-state index in [1.54, 1.807) is 0 Å². The van der Waals surface area contributed by atoms with Crippen LogP contribution in [0.25, 0.3) is 0 Å². The second-order valence-corrected chi connectivity index (χ2v) is 6.75. The SMILES string of the molecule is C=C(C)C1CCC(C)(C2CCCCC2)CC1O. The molecule has 0 radical (unpaired) electrons. The third kappa shape index (κ3) is 2.76. The molecule has 0 aromatic carbocycles. The summed E-state index contributed by atoms with van der Waals surface area (Å²) in [6, 6.07) is 0. The van der Waals surface area contributed by atoms with Crippen molar-refractivity contribution in [3.8, 4) is 0 Å². The zero-order valence-electron chi connectivity index (χ0n) is 11.5. The lowest BCUT2D eigenvalue weighted by atomic mass is 9.60. The summed E-state index contributed by atoms with van der Waals surface area (Å²) in [5, 5.41) is 10.3. The van der Waals surface area contributed by atoms with E-state index in [1.165, 1.54) is 44.1 Å². The molecule has 17 heavy (non-hydrogen) atoms. The Labute approximate surface area is 106 Å². The molecular formula is C16H28O. The molecule has 0 spiro atoms. The highest BCUT2D eigenvalue weighted by molar-refractivity contribution is 5.04. The van der Waals surface area contributed by atoms with Crippen LogP contribution in [0.4, 0.5) is 0 Å². The van der Waals surface area contributed by atoms with Gasteiger partial charge < -0.3 is 5.11 Å². The first-order chi connectivity index (χ1) is 8.03. The summed E-state index contributed by atoms with van der Waals surface area (Å²) in [6.45, 7) is 8.51. The van der Waals surface area contributed by atoms with Gasteiger partial charge in [0.1, 0.15) is 0 Å². The number of aliphatic hydroxyl groups excluding tert-OH is 1. The monoisotopic (exact) mass is 236 g/mol. The summed E-state index contributed by atoms with van der Waals surface area (Å²) >= 11 is 0. The molecule has 3 unspecified atom stereocenters. The van der Waals surface area contributed by atoms with Crippen LogP contribution in [0.5, 0.6) is 0 Å². The van der Waals surface area contributed by atoms with E-state index in [9.17, 15) is 5.11 Å². The molecule has 2 rings (SSSR count). The normalized spacial score (nSPS) is 40.2. The van der Waals surface area contributed by atoms with E-state index in [2.05, 4.69) is 20.4 Å². The molecule has 2 aliphatic carbocycles. The van der Waals surface area contributed by atoms with Crippen LogP contribution >= 0.6 is 0 Å². The molecule has 2 aliphatic rings. The van der Waals surface area contributed by atoms with Crippen LogP contribution in [-0.2, 0) is 0 Å². The summed E-state index contributed by atoms with van der Waals surface area (Å²) in [4.78, 5) is 0. The van der Waals surface area contributed by atoms with Gasteiger partial charge in [-0.2, -0.15) is 0 Å². The van der Waals surface area contributed by atoms with Gasteiger partial charge >= 0.3 is 0 Å². The average Bonchev–Trinajstić information content (AvgIpc) is 2.29. The molecule has 0 aromatic heterocycles. The van der Waals surface area contributed by atoms with Gasteiger partial charge in [-0.15, -0.1) is 0 Å². The van der Waals surface area contributed by atoms with E-state index >= 15 is 0 Å². The predicted molar refractivity (Wildman–Crippen MR) is 72.8 cm³/mol. The van der Waals surface area contributed by atoms with Crippen LogP contribution in [0, 0.1) is 17.3 Å². The fourth-order valence-electron chi connectivity index (χ4n) is 4.14. The quantitative estimate of drug-likeness (QED) is 0.708. The molecule has 0 saturated heterocycles. The van der Waals surface area contributed by atoms with Crippen LogP contribution in [0.3, 0.4) is 0 Å². The van der Waals surface area contributed by atoms with Crippen molar-refractivity contribution in [2.45, 2.75) is 71.3 Å². The topological polar surface area (TPSA) is 20.2 Å². The summed E-state index contributed by atoms with van der Waals surface area (Å²) in [5.74, 6) is 1.21. The predicted octanol–water partition coefficient (Wildman–Crippen LogP) is 4.31. The Bertz CT molecular complexity index is 277. The Morgan fingerprint density at radius 1 is 1.18 bits per heavy atom. The zero-order valence-corrected chi connectivity index (χ0v) is 11.5. The summed E-state index contributed by atoms with van der Waals surface area (Å²) in [6.07, 6.45) is 10.3. The number of aliphatic hydroxyl groups is 1. The first-order valence-corrected chi connectivity index (χ1v) is 7.36. The lowest BCUT2D eigenvalue weighted by Gasteiger charge is -2.47. The Hall–Kier alpha value is -0.300. The smallest absolute Gasteiger partial charge is 0.0610 e. The van der Waals surface area contributed by atoms with E-state index in [0.29, 0.717) is 11.3 Å². The minimum atomic E-state index is -0.145. The Balaban J connectivity index is 2.00. The van der Waals surface area contributed by atoms with Crippen LogP contribution < -0.4 is 0 Å². The van der Waals surface area contributed by atoms with Gasteiger partial charge in [0.05, 0.1) is 6.10 Å². The van der Waals surface area contributed by atoms with Gasteiger partial charge in [0.2, 0.25) is 0 Å². The van der Waals surface area contributed by atoms with Crippen LogP contribution in [0.1, 0.15) is 65.2 Å². The van der Waals surface area contributed by atoms with Crippen molar-refractivity contribution in [2.75, 3.05) is 0 Å². The fourth-order valence-corrected chi connectivity index (χ4v) is 4.14. The van der Waals surface area contributed by atoms with Crippen molar-refractivity contribution in [3.05, 3.63) is 12.2 Å². The van der Waals surface area contributed by atoms with Gasteiger partial charge in [-0.3, -0.25) is 0 Å². The van der Waals surface area contributed by atoms with Crippen LogP contribution in [-0.4, -0.2) is 11.2 Å². The minimum absolute atomic E-state index is 0.145. The first kappa shape index (κ1) is 13.1. The second-order valence-electron chi connectivity index (χ2n) is 6.75. The van der Waals surface area contributed by atoms with Gasteiger partial charge in [-0.25, -0.2) is 0 Å². The molecular weight excluding hydrogens is 208 g/mol. The maximum atomic E-state index is 10.3. The van der Waals surface area contributed by atoms with E-state index < -0.39 is 0 Å². The van der Waals surface area contributed by atoms with Crippen molar-refractivity contribution < 1.29 is 5.11 Å². The maximum Gasteiger partial charge on any atom is 0.0610 e. The molecule has 0 aromatic rings. The van der Waals surface area contributed by atoms with E-state index in [4.69, 9.17) is 0 Å². The van der Waals surface area contributed by atoms with Crippen LogP contribution in [0.15, 0.2) is 12.2 Å². The highest BCUT2D eigenvalue weighted by Gasteiger charge is 2.42. The molecule has 0 heterocycles. The van der Waals surface area contributed by atoms with Gasteiger partial charge in [0, 0.05) is 5.92 Å². The third-order valence-electron chi connectivity index (χ3n) is 5.39. The second kappa shape index (κ2) is 5.14. The number of hydrogen-bond donors (Lipinski definition) is 1. The number of rotatable bonds is 2. The molecule has 2 fully saturated rings.